The van der Waals surface area contributed by atoms with Crippen LogP contribution in [0.25, 0.3) is 0 Å². The molecule has 0 radical (unpaired) electrons. The third-order valence-electron chi connectivity index (χ3n) is 3.61. The van der Waals surface area contributed by atoms with Gasteiger partial charge in [-0.1, -0.05) is 38.8 Å². The Bertz CT molecular complexity index is 362. The Balaban J connectivity index is 2.56. The van der Waals surface area contributed by atoms with Crippen molar-refractivity contribution in [3.8, 4) is 5.75 Å². The average Bonchev–Trinajstić information content (AvgIpc) is 2.46. The Hall–Kier alpha value is -1.06. The van der Waals surface area contributed by atoms with Crippen LogP contribution in [0.5, 0.6) is 5.75 Å². The van der Waals surface area contributed by atoms with E-state index in [1.165, 1.54) is 25.7 Å². The smallest absolute Gasteiger partial charge is 0.119 e. The van der Waals surface area contributed by atoms with Crippen LogP contribution < -0.4 is 10.5 Å². The number of hydrogen-bond acceptors (Lipinski definition) is 3. The summed E-state index contributed by atoms with van der Waals surface area (Å²) in [4.78, 5) is 0. The Morgan fingerprint density at radius 3 is 2.45 bits per heavy atom. The minimum absolute atomic E-state index is 0.112. The molecule has 0 spiro atoms. The SMILES string of the molecule is CCCC(CCC)COc1cccc([C@H](N)CCO)c1. The van der Waals surface area contributed by atoms with E-state index in [1.54, 1.807) is 0 Å². The number of hydrogen-bond donors (Lipinski definition) is 2. The van der Waals surface area contributed by atoms with E-state index < -0.39 is 0 Å². The topological polar surface area (TPSA) is 55.5 Å². The summed E-state index contributed by atoms with van der Waals surface area (Å²) >= 11 is 0. The maximum absolute atomic E-state index is 8.95. The monoisotopic (exact) mass is 279 g/mol. The number of nitrogens with two attached hydrogens (primary N) is 1. The van der Waals surface area contributed by atoms with Crippen molar-refractivity contribution in [1.29, 1.82) is 0 Å². The van der Waals surface area contributed by atoms with E-state index in [4.69, 9.17) is 15.6 Å². The zero-order chi connectivity index (χ0) is 14.8. The molecule has 1 rings (SSSR count). The predicted molar refractivity (Wildman–Crippen MR) is 83.9 cm³/mol. The van der Waals surface area contributed by atoms with Gasteiger partial charge in [0.05, 0.1) is 6.61 Å². The van der Waals surface area contributed by atoms with Gasteiger partial charge >= 0.3 is 0 Å². The maximum atomic E-state index is 8.95. The zero-order valence-corrected chi connectivity index (χ0v) is 12.8. The van der Waals surface area contributed by atoms with Gasteiger partial charge in [-0.2, -0.15) is 0 Å². The molecule has 0 amide bonds. The molecule has 0 heterocycles. The molecule has 1 atom stereocenters. The molecule has 0 saturated heterocycles. The number of aliphatic hydroxyl groups excluding tert-OH is 1. The second-order valence-corrected chi connectivity index (χ2v) is 5.45. The van der Waals surface area contributed by atoms with Gasteiger partial charge in [0.15, 0.2) is 0 Å². The van der Waals surface area contributed by atoms with Gasteiger partial charge in [0.2, 0.25) is 0 Å². The molecule has 20 heavy (non-hydrogen) atoms. The lowest BCUT2D eigenvalue weighted by Gasteiger charge is -2.17. The Morgan fingerprint density at radius 1 is 1.15 bits per heavy atom. The summed E-state index contributed by atoms with van der Waals surface area (Å²) in [7, 11) is 0. The highest BCUT2D eigenvalue weighted by atomic mass is 16.5. The normalized spacial score (nSPS) is 12.7. The highest BCUT2D eigenvalue weighted by molar-refractivity contribution is 5.30. The molecule has 0 aliphatic carbocycles. The summed E-state index contributed by atoms with van der Waals surface area (Å²) in [6.45, 7) is 5.33. The molecule has 1 aromatic rings. The van der Waals surface area contributed by atoms with Crippen molar-refractivity contribution in [2.75, 3.05) is 13.2 Å². The van der Waals surface area contributed by atoms with E-state index in [0.29, 0.717) is 12.3 Å². The second-order valence-electron chi connectivity index (χ2n) is 5.45. The number of rotatable bonds is 10. The molecule has 0 aliphatic rings. The quantitative estimate of drug-likeness (QED) is 0.687. The summed E-state index contributed by atoms with van der Waals surface area (Å²) < 4.78 is 5.92. The Kier molecular flexibility index (Phi) is 8.31. The minimum Gasteiger partial charge on any atom is -0.493 e. The van der Waals surface area contributed by atoms with Gasteiger partial charge in [-0.25, -0.2) is 0 Å². The van der Waals surface area contributed by atoms with Crippen LogP contribution in [0.3, 0.4) is 0 Å². The first-order chi connectivity index (χ1) is 9.71. The predicted octanol–water partition coefficient (Wildman–Crippen LogP) is 3.66. The van der Waals surface area contributed by atoms with E-state index in [1.807, 2.05) is 24.3 Å². The van der Waals surface area contributed by atoms with Crippen molar-refractivity contribution in [1.82, 2.24) is 0 Å². The fourth-order valence-electron chi connectivity index (χ4n) is 2.48. The number of benzene rings is 1. The van der Waals surface area contributed by atoms with Gasteiger partial charge in [-0.3, -0.25) is 0 Å². The molecule has 0 fully saturated rings. The van der Waals surface area contributed by atoms with Gasteiger partial charge in [0.1, 0.15) is 5.75 Å². The number of ether oxygens (including phenoxy) is 1. The van der Waals surface area contributed by atoms with Crippen molar-refractivity contribution in [2.45, 2.75) is 52.0 Å². The number of aliphatic hydroxyl groups is 1. The lowest BCUT2D eigenvalue weighted by molar-refractivity contribution is 0.229. The van der Waals surface area contributed by atoms with Crippen LogP contribution in [0.15, 0.2) is 24.3 Å². The zero-order valence-electron chi connectivity index (χ0n) is 12.8. The highest BCUT2D eigenvalue weighted by Crippen LogP contribution is 2.21. The van der Waals surface area contributed by atoms with E-state index >= 15 is 0 Å². The first-order valence-electron chi connectivity index (χ1n) is 7.80. The van der Waals surface area contributed by atoms with E-state index in [-0.39, 0.29) is 12.6 Å². The summed E-state index contributed by atoms with van der Waals surface area (Å²) in [6, 6.07) is 7.81. The first kappa shape index (κ1) is 17.0. The summed E-state index contributed by atoms with van der Waals surface area (Å²) in [5, 5.41) is 8.95. The van der Waals surface area contributed by atoms with E-state index in [9.17, 15) is 0 Å². The van der Waals surface area contributed by atoms with Crippen LogP contribution in [0.2, 0.25) is 0 Å². The Labute approximate surface area is 123 Å². The standard InChI is InChI=1S/C17H29NO2/c1-3-6-14(7-4-2)13-20-16-9-5-8-15(12-16)17(18)10-11-19/h5,8-9,12,14,17,19H,3-4,6-7,10-11,13,18H2,1-2H3/t17-/m1/s1. The van der Waals surface area contributed by atoms with Crippen LogP contribution in [0.4, 0.5) is 0 Å². The van der Waals surface area contributed by atoms with Crippen molar-refractivity contribution < 1.29 is 9.84 Å². The first-order valence-corrected chi connectivity index (χ1v) is 7.80. The lowest BCUT2D eigenvalue weighted by Crippen LogP contribution is -2.14. The summed E-state index contributed by atoms with van der Waals surface area (Å²) in [5.74, 6) is 1.52. The van der Waals surface area contributed by atoms with Crippen LogP contribution in [-0.4, -0.2) is 18.3 Å². The fraction of sp³-hybridized carbons (Fsp3) is 0.647. The van der Waals surface area contributed by atoms with Crippen molar-refractivity contribution in [3.05, 3.63) is 29.8 Å². The van der Waals surface area contributed by atoms with Crippen LogP contribution in [0, 0.1) is 5.92 Å². The molecular weight excluding hydrogens is 250 g/mol. The lowest BCUT2D eigenvalue weighted by atomic mass is 9.99. The molecule has 1 aromatic carbocycles. The third kappa shape index (κ3) is 5.93. The maximum Gasteiger partial charge on any atom is 0.119 e. The van der Waals surface area contributed by atoms with Gasteiger partial charge in [-0.15, -0.1) is 0 Å². The summed E-state index contributed by atoms with van der Waals surface area (Å²) in [5.41, 5.74) is 7.04. The molecule has 0 saturated carbocycles. The molecule has 0 aromatic heterocycles. The summed E-state index contributed by atoms with van der Waals surface area (Å²) in [6.07, 6.45) is 5.43. The second kappa shape index (κ2) is 9.78. The van der Waals surface area contributed by atoms with Gasteiger partial charge in [0, 0.05) is 12.6 Å². The van der Waals surface area contributed by atoms with Crippen molar-refractivity contribution in [2.24, 2.45) is 11.7 Å². The van der Waals surface area contributed by atoms with Gasteiger partial charge in [-0.05, 0) is 42.9 Å². The molecule has 3 nitrogen and oxygen atoms in total. The van der Waals surface area contributed by atoms with Crippen molar-refractivity contribution >= 4 is 0 Å². The molecule has 0 bridgehead atoms. The van der Waals surface area contributed by atoms with Crippen LogP contribution >= 0.6 is 0 Å². The van der Waals surface area contributed by atoms with Gasteiger partial charge < -0.3 is 15.6 Å². The van der Waals surface area contributed by atoms with Crippen molar-refractivity contribution in [3.63, 3.8) is 0 Å². The van der Waals surface area contributed by atoms with E-state index in [2.05, 4.69) is 13.8 Å². The molecule has 3 heteroatoms. The molecular formula is C17H29NO2. The molecule has 0 aliphatic heterocycles. The minimum atomic E-state index is -0.120. The van der Waals surface area contributed by atoms with Gasteiger partial charge in [0.25, 0.3) is 0 Å². The van der Waals surface area contributed by atoms with Crippen LogP contribution in [0.1, 0.15) is 57.6 Å². The fourth-order valence-corrected chi connectivity index (χ4v) is 2.48. The molecule has 0 unspecified atom stereocenters. The molecule has 114 valence electrons. The Morgan fingerprint density at radius 2 is 1.85 bits per heavy atom. The van der Waals surface area contributed by atoms with E-state index in [0.717, 1.165) is 17.9 Å². The average molecular weight is 279 g/mol. The van der Waals surface area contributed by atoms with Crippen LogP contribution in [-0.2, 0) is 0 Å². The molecule has 3 N–H and O–H groups in total. The third-order valence-corrected chi connectivity index (χ3v) is 3.61. The largest absolute Gasteiger partial charge is 0.493 e. The highest BCUT2D eigenvalue weighted by Gasteiger charge is 2.09.